The highest BCUT2D eigenvalue weighted by atomic mass is 79.9. The van der Waals surface area contributed by atoms with Gasteiger partial charge in [0.25, 0.3) is 5.56 Å². The Morgan fingerprint density at radius 2 is 1.96 bits per heavy atom. The van der Waals surface area contributed by atoms with Crippen LogP contribution in [-0.4, -0.2) is 28.5 Å². The molecule has 8 heteroatoms. The molecule has 1 aromatic rings. The first-order valence-corrected chi connectivity index (χ1v) is 9.25. The average molecular weight is 412 g/mol. The van der Waals surface area contributed by atoms with Crippen LogP contribution in [0.1, 0.15) is 38.5 Å². The van der Waals surface area contributed by atoms with Crippen LogP contribution in [0.15, 0.2) is 21.5 Å². The van der Waals surface area contributed by atoms with Crippen LogP contribution in [-0.2, 0) is 16.6 Å². The summed E-state index contributed by atoms with van der Waals surface area (Å²) in [6, 6.07) is 1.51. The van der Waals surface area contributed by atoms with Crippen LogP contribution in [0.2, 0.25) is 0 Å². The predicted molar refractivity (Wildman–Crippen MR) is 95.1 cm³/mol. The zero-order valence-corrected chi connectivity index (χ0v) is 15.7. The number of hydrogen-bond donors (Lipinski definition) is 2. The Labute approximate surface area is 154 Å². The molecular formula is C17H22BrN3O4. The van der Waals surface area contributed by atoms with Crippen LogP contribution in [0.25, 0.3) is 0 Å². The Morgan fingerprint density at radius 3 is 2.52 bits per heavy atom. The minimum atomic E-state index is -0.970. The molecule has 2 saturated carbocycles. The van der Waals surface area contributed by atoms with Crippen LogP contribution < -0.4 is 21.3 Å². The molecule has 0 spiro atoms. The molecule has 0 aliphatic heterocycles. The van der Waals surface area contributed by atoms with Gasteiger partial charge in [-0.05, 0) is 54.5 Å². The number of primary amides is 1. The molecule has 136 valence electrons. The Bertz CT molecular complexity index is 749. The first-order valence-electron chi connectivity index (χ1n) is 8.45. The number of nitrogens with zero attached hydrogens (tertiary/aromatic N) is 1. The van der Waals surface area contributed by atoms with Crippen molar-refractivity contribution >= 4 is 27.7 Å². The van der Waals surface area contributed by atoms with Crippen LogP contribution in [0.5, 0.6) is 5.75 Å². The third kappa shape index (κ3) is 3.73. The molecule has 0 saturated heterocycles. The lowest BCUT2D eigenvalue weighted by atomic mass is 9.92. The number of carbonyl (C=O) groups excluding carboxylic acids is 2. The van der Waals surface area contributed by atoms with Crippen LogP contribution in [0, 0.1) is 5.41 Å². The summed E-state index contributed by atoms with van der Waals surface area (Å²) >= 11 is 3.41. The number of ether oxygens (including phenoxy) is 1. The quantitative estimate of drug-likeness (QED) is 0.710. The van der Waals surface area contributed by atoms with E-state index in [0.717, 1.165) is 30.2 Å². The fraction of sp³-hybridized carbons (Fsp3) is 0.588. The zero-order chi connectivity index (χ0) is 18.2. The number of rotatable bonds is 5. The largest absolute Gasteiger partial charge is 0.489 e. The number of carbonyl (C=O) groups is 2. The Kier molecular flexibility index (Phi) is 4.90. The summed E-state index contributed by atoms with van der Waals surface area (Å²) in [5.74, 6) is -0.225. The molecule has 0 bridgehead atoms. The molecule has 1 aromatic heterocycles. The third-order valence-electron chi connectivity index (χ3n) is 5.10. The Hall–Kier alpha value is -1.83. The van der Waals surface area contributed by atoms with Gasteiger partial charge in [0.05, 0.1) is 10.6 Å². The number of amides is 2. The molecule has 3 N–H and O–H groups in total. The topological polar surface area (TPSA) is 103 Å². The molecule has 1 heterocycles. The molecule has 0 unspecified atom stereocenters. The van der Waals surface area contributed by atoms with Crippen molar-refractivity contribution in [3.05, 3.63) is 27.1 Å². The predicted octanol–water partition coefficient (Wildman–Crippen LogP) is 1.22. The minimum absolute atomic E-state index is 0.00239. The molecule has 2 amide bonds. The average Bonchev–Trinajstić information content (AvgIpc) is 3.36. The maximum absolute atomic E-state index is 12.2. The molecular weight excluding hydrogens is 390 g/mol. The molecule has 0 radical (unpaired) electrons. The van der Waals surface area contributed by atoms with Crippen LogP contribution in [0.3, 0.4) is 0 Å². The van der Waals surface area contributed by atoms with Crippen molar-refractivity contribution in [1.29, 1.82) is 0 Å². The SMILES string of the molecule is Cn1cc(Br)c(OC2CCC(NC(=O)C3(C(N)=O)CC3)CC2)cc1=O. The van der Waals surface area contributed by atoms with E-state index in [2.05, 4.69) is 21.2 Å². The molecule has 7 nitrogen and oxygen atoms in total. The lowest BCUT2D eigenvalue weighted by Gasteiger charge is -2.30. The number of aryl methyl sites for hydroxylation is 1. The Morgan fingerprint density at radius 1 is 1.32 bits per heavy atom. The summed E-state index contributed by atoms with van der Waals surface area (Å²) in [5.41, 5.74) is 4.24. The maximum Gasteiger partial charge on any atom is 0.254 e. The standard InChI is InChI=1S/C17H22BrN3O4/c1-21-9-12(18)13(8-14(21)22)25-11-4-2-10(3-5-11)20-16(24)17(6-7-17)15(19)23/h8-11H,2-7H2,1H3,(H2,19,23)(H,20,24). The highest BCUT2D eigenvalue weighted by Gasteiger charge is 2.55. The summed E-state index contributed by atoms with van der Waals surface area (Å²) in [4.78, 5) is 35.4. The van der Waals surface area contributed by atoms with Gasteiger partial charge in [0, 0.05) is 25.4 Å². The monoisotopic (exact) mass is 411 g/mol. The number of halogens is 1. The van der Waals surface area contributed by atoms with Crippen molar-refractivity contribution in [3.8, 4) is 5.75 Å². The Balaban J connectivity index is 1.53. The second kappa shape index (κ2) is 6.82. The zero-order valence-electron chi connectivity index (χ0n) is 14.1. The molecule has 2 aliphatic carbocycles. The van der Waals surface area contributed by atoms with Crippen molar-refractivity contribution in [3.63, 3.8) is 0 Å². The smallest absolute Gasteiger partial charge is 0.254 e. The summed E-state index contributed by atoms with van der Waals surface area (Å²) in [7, 11) is 1.68. The van der Waals surface area contributed by atoms with Crippen molar-refractivity contribution in [2.45, 2.75) is 50.7 Å². The fourth-order valence-corrected chi connectivity index (χ4v) is 3.72. The van der Waals surface area contributed by atoms with E-state index in [4.69, 9.17) is 10.5 Å². The number of nitrogens with one attached hydrogen (secondary N) is 1. The van der Waals surface area contributed by atoms with Crippen molar-refractivity contribution in [1.82, 2.24) is 9.88 Å². The van der Waals surface area contributed by atoms with Gasteiger partial charge in [0.2, 0.25) is 11.8 Å². The normalized spacial score (nSPS) is 24.4. The summed E-state index contributed by atoms with van der Waals surface area (Å²) in [6.45, 7) is 0. The summed E-state index contributed by atoms with van der Waals surface area (Å²) in [5, 5.41) is 2.96. The van der Waals surface area contributed by atoms with E-state index in [0.29, 0.717) is 18.6 Å². The van der Waals surface area contributed by atoms with E-state index in [9.17, 15) is 14.4 Å². The van der Waals surface area contributed by atoms with Crippen LogP contribution >= 0.6 is 15.9 Å². The van der Waals surface area contributed by atoms with Gasteiger partial charge in [0.15, 0.2) is 0 Å². The molecule has 3 rings (SSSR count). The molecule has 0 aromatic carbocycles. The van der Waals surface area contributed by atoms with Gasteiger partial charge in [0.1, 0.15) is 11.2 Å². The lowest BCUT2D eigenvalue weighted by molar-refractivity contribution is -0.136. The number of pyridine rings is 1. The fourth-order valence-electron chi connectivity index (χ4n) is 3.21. The number of nitrogens with two attached hydrogens (primary N) is 1. The maximum atomic E-state index is 12.2. The molecule has 25 heavy (non-hydrogen) atoms. The second-order valence-corrected chi connectivity index (χ2v) is 7.80. The van der Waals surface area contributed by atoms with E-state index in [1.54, 1.807) is 13.2 Å². The first-order chi connectivity index (χ1) is 11.8. The van der Waals surface area contributed by atoms with Gasteiger partial charge in [-0.1, -0.05) is 0 Å². The van der Waals surface area contributed by atoms with Crippen molar-refractivity contribution < 1.29 is 14.3 Å². The molecule has 2 fully saturated rings. The van der Waals surface area contributed by atoms with Gasteiger partial charge < -0.3 is 20.4 Å². The van der Waals surface area contributed by atoms with Gasteiger partial charge in [-0.25, -0.2) is 0 Å². The molecule has 0 atom stereocenters. The first kappa shape index (κ1) is 18.0. The second-order valence-electron chi connectivity index (χ2n) is 6.95. The minimum Gasteiger partial charge on any atom is -0.489 e. The number of aromatic nitrogens is 1. The van der Waals surface area contributed by atoms with Crippen molar-refractivity contribution in [2.75, 3.05) is 0 Å². The van der Waals surface area contributed by atoms with Gasteiger partial charge in [-0.15, -0.1) is 0 Å². The lowest BCUT2D eigenvalue weighted by Crippen LogP contribution is -2.46. The van der Waals surface area contributed by atoms with E-state index >= 15 is 0 Å². The van der Waals surface area contributed by atoms with Gasteiger partial charge in [-0.3, -0.25) is 14.4 Å². The van der Waals surface area contributed by atoms with E-state index < -0.39 is 11.3 Å². The van der Waals surface area contributed by atoms with Crippen LogP contribution in [0.4, 0.5) is 0 Å². The molecule has 2 aliphatic rings. The van der Waals surface area contributed by atoms with E-state index in [-0.39, 0.29) is 23.6 Å². The van der Waals surface area contributed by atoms with Crippen molar-refractivity contribution in [2.24, 2.45) is 18.2 Å². The summed E-state index contributed by atoms with van der Waals surface area (Å²) in [6.07, 6.45) is 5.87. The third-order valence-corrected chi connectivity index (χ3v) is 5.70. The van der Waals surface area contributed by atoms with Gasteiger partial charge in [-0.2, -0.15) is 0 Å². The summed E-state index contributed by atoms with van der Waals surface area (Å²) < 4.78 is 8.17. The highest BCUT2D eigenvalue weighted by molar-refractivity contribution is 9.10. The highest BCUT2D eigenvalue weighted by Crippen LogP contribution is 2.45. The van der Waals surface area contributed by atoms with E-state index in [1.165, 1.54) is 10.6 Å². The van der Waals surface area contributed by atoms with Gasteiger partial charge >= 0.3 is 0 Å². The number of hydrogen-bond acceptors (Lipinski definition) is 4. The van der Waals surface area contributed by atoms with E-state index in [1.807, 2.05) is 0 Å².